The van der Waals surface area contributed by atoms with Crippen molar-refractivity contribution in [3.8, 4) is 0 Å². The Bertz CT molecular complexity index is 1080. The summed E-state index contributed by atoms with van der Waals surface area (Å²) < 4.78 is 5.55. The highest BCUT2D eigenvalue weighted by Crippen LogP contribution is 2.31. The standard InChI is InChI=1S/C21H20ClN3O4/c1-12(25-11-18(29-21(25)28)13-4-2-5-15(22)9-13)8-14-10-23-19-16(14)6-3-7-17(19)24-20(26)27/h2-7,9-10,12,18,23-24H,8,11H2,1H3,(H,26,27)/t12-,18+/m1/s1. The van der Waals surface area contributed by atoms with E-state index < -0.39 is 6.09 Å². The maximum Gasteiger partial charge on any atom is 0.410 e. The Hall–Kier alpha value is -3.19. The highest BCUT2D eigenvalue weighted by atomic mass is 35.5. The molecule has 3 N–H and O–H groups in total. The molecule has 0 bridgehead atoms. The molecular weight excluding hydrogens is 394 g/mol. The van der Waals surface area contributed by atoms with E-state index in [1.807, 2.05) is 37.4 Å². The number of para-hydroxylation sites is 1. The van der Waals surface area contributed by atoms with Crippen LogP contribution in [0.3, 0.4) is 0 Å². The summed E-state index contributed by atoms with van der Waals surface area (Å²) in [6, 6.07) is 12.7. The molecule has 1 aliphatic heterocycles. The number of fused-ring (bicyclic) bond motifs is 1. The lowest BCUT2D eigenvalue weighted by atomic mass is 10.0. The Balaban J connectivity index is 1.51. The molecule has 7 nitrogen and oxygen atoms in total. The maximum absolute atomic E-state index is 12.4. The van der Waals surface area contributed by atoms with Gasteiger partial charge < -0.3 is 19.7 Å². The van der Waals surface area contributed by atoms with Crippen LogP contribution in [0, 0.1) is 0 Å². The summed E-state index contributed by atoms with van der Waals surface area (Å²) in [6.07, 6.45) is 0.639. The molecule has 4 rings (SSSR count). The number of aromatic nitrogens is 1. The van der Waals surface area contributed by atoms with E-state index in [-0.39, 0.29) is 18.2 Å². The quantitative estimate of drug-likeness (QED) is 0.546. The third-order valence-electron chi connectivity index (χ3n) is 5.15. The Morgan fingerprint density at radius 1 is 1.38 bits per heavy atom. The average molecular weight is 414 g/mol. The number of ether oxygens (including phenoxy) is 1. The number of carbonyl (C=O) groups excluding carboxylic acids is 1. The van der Waals surface area contributed by atoms with Crippen molar-refractivity contribution in [3.05, 3.63) is 64.8 Å². The first-order valence-corrected chi connectivity index (χ1v) is 9.62. The Kier molecular flexibility index (Phi) is 5.07. The summed E-state index contributed by atoms with van der Waals surface area (Å²) in [6.45, 7) is 2.42. The van der Waals surface area contributed by atoms with Crippen LogP contribution in [0.15, 0.2) is 48.7 Å². The van der Waals surface area contributed by atoms with Gasteiger partial charge in [0.05, 0.1) is 17.7 Å². The van der Waals surface area contributed by atoms with Crippen LogP contribution in [0.5, 0.6) is 0 Å². The second-order valence-electron chi connectivity index (χ2n) is 7.11. The zero-order valence-electron chi connectivity index (χ0n) is 15.7. The molecule has 0 spiro atoms. The summed E-state index contributed by atoms with van der Waals surface area (Å²) in [5.74, 6) is 0. The first-order valence-electron chi connectivity index (χ1n) is 9.24. The summed E-state index contributed by atoms with van der Waals surface area (Å²) in [4.78, 5) is 28.3. The van der Waals surface area contributed by atoms with Gasteiger partial charge in [-0.1, -0.05) is 35.9 Å². The molecule has 2 amide bonds. The van der Waals surface area contributed by atoms with Crippen molar-refractivity contribution in [2.24, 2.45) is 0 Å². The fourth-order valence-electron chi connectivity index (χ4n) is 3.75. The largest absolute Gasteiger partial charge is 0.465 e. The molecule has 1 aliphatic rings. The van der Waals surface area contributed by atoms with E-state index in [4.69, 9.17) is 21.4 Å². The van der Waals surface area contributed by atoms with E-state index in [0.717, 1.165) is 22.0 Å². The van der Waals surface area contributed by atoms with Gasteiger partial charge in [0.25, 0.3) is 0 Å². The van der Waals surface area contributed by atoms with E-state index in [9.17, 15) is 9.59 Å². The Morgan fingerprint density at radius 3 is 2.93 bits per heavy atom. The SMILES string of the molecule is C[C@H](Cc1c[nH]c2c(NC(=O)O)cccc12)N1C[C@@H](c2cccc(Cl)c2)OC1=O. The van der Waals surface area contributed by atoms with Gasteiger partial charge in [0.2, 0.25) is 0 Å². The monoisotopic (exact) mass is 413 g/mol. The fourth-order valence-corrected chi connectivity index (χ4v) is 3.95. The smallest absolute Gasteiger partial charge is 0.410 e. The number of halogens is 1. The molecule has 2 atom stereocenters. The normalized spacial score (nSPS) is 17.4. The number of nitrogens with zero attached hydrogens (tertiary/aromatic N) is 1. The fraction of sp³-hybridized carbons (Fsp3) is 0.238. The molecule has 8 heteroatoms. The van der Waals surface area contributed by atoms with Crippen LogP contribution in [0.4, 0.5) is 15.3 Å². The predicted octanol–water partition coefficient (Wildman–Crippen LogP) is 5.04. The topological polar surface area (TPSA) is 94.7 Å². The van der Waals surface area contributed by atoms with Crippen molar-refractivity contribution in [2.75, 3.05) is 11.9 Å². The van der Waals surface area contributed by atoms with Crippen LogP contribution < -0.4 is 5.32 Å². The van der Waals surface area contributed by atoms with Crippen LogP contribution >= 0.6 is 11.6 Å². The number of hydrogen-bond donors (Lipinski definition) is 3. The van der Waals surface area contributed by atoms with Crippen molar-refractivity contribution in [3.63, 3.8) is 0 Å². The van der Waals surface area contributed by atoms with E-state index in [0.29, 0.717) is 23.7 Å². The van der Waals surface area contributed by atoms with Crippen molar-refractivity contribution >= 4 is 40.4 Å². The third-order valence-corrected chi connectivity index (χ3v) is 5.39. The highest BCUT2D eigenvalue weighted by molar-refractivity contribution is 6.30. The maximum atomic E-state index is 12.4. The van der Waals surface area contributed by atoms with E-state index in [2.05, 4.69) is 10.3 Å². The molecule has 0 aliphatic carbocycles. The first kappa shape index (κ1) is 19.1. The van der Waals surface area contributed by atoms with Crippen molar-refractivity contribution < 1.29 is 19.4 Å². The van der Waals surface area contributed by atoms with Gasteiger partial charge in [-0.2, -0.15) is 0 Å². The number of carboxylic acid groups (broad SMARTS) is 1. The van der Waals surface area contributed by atoms with E-state index >= 15 is 0 Å². The summed E-state index contributed by atoms with van der Waals surface area (Å²) in [5, 5.41) is 12.9. The van der Waals surface area contributed by atoms with Crippen molar-refractivity contribution in [1.29, 1.82) is 0 Å². The third kappa shape index (κ3) is 3.86. The molecule has 29 heavy (non-hydrogen) atoms. The number of H-pyrrole nitrogens is 1. The van der Waals surface area contributed by atoms with Crippen LogP contribution in [0.2, 0.25) is 5.02 Å². The van der Waals surface area contributed by atoms with Gasteiger partial charge in [0.1, 0.15) is 6.10 Å². The summed E-state index contributed by atoms with van der Waals surface area (Å²) in [7, 11) is 0. The number of aromatic amines is 1. The number of carbonyl (C=O) groups is 2. The number of rotatable bonds is 5. The summed E-state index contributed by atoms with van der Waals surface area (Å²) >= 11 is 6.05. The number of nitrogens with one attached hydrogen (secondary N) is 2. The van der Waals surface area contributed by atoms with Gasteiger partial charge in [-0.15, -0.1) is 0 Å². The minimum absolute atomic E-state index is 0.0956. The number of amides is 2. The number of cyclic esters (lactones) is 1. The molecular formula is C21H20ClN3O4. The molecule has 2 aromatic carbocycles. The lowest BCUT2D eigenvalue weighted by Crippen LogP contribution is -2.35. The lowest BCUT2D eigenvalue weighted by molar-refractivity contribution is 0.129. The van der Waals surface area contributed by atoms with E-state index in [1.165, 1.54) is 0 Å². The van der Waals surface area contributed by atoms with Gasteiger partial charge in [0.15, 0.2) is 0 Å². The van der Waals surface area contributed by atoms with Gasteiger partial charge in [0, 0.05) is 22.6 Å². The molecule has 1 fully saturated rings. The van der Waals surface area contributed by atoms with Gasteiger partial charge in [-0.25, -0.2) is 9.59 Å². The molecule has 2 heterocycles. The zero-order chi connectivity index (χ0) is 20.5. The molecule has 1 aromatic heterocycles. The lowest BCUT2D eigenvalue weighted by Gasteiger charge is -2.21. The molecule has 150 valence electrons. The first-order chi connectivity index (χ1) is 13.9. The van der Waals surface area contributed by atoms with Crippen LogP contribution in [0.1, 0.15) is 24.2 Å². The molecule has 0 radical (unpaired) electrons. The van der Waals surface area contributed by atoms with Crippen LogP contribution in [0.25, 0.3) is 10.9 Å². The second kappa shape index (κ2) is 7.67. The van der Waals surface area contributed by atoms with Crippen molar-refractivity contribution in [2.45, 2.75) is 25.5 Å². The molecule has 1 saturated heterocycles. The van der Waals surface area contributed by atoms with Crippen LogP contribution in [-0.2, 0) is 11.2 Å². The highest BCUT2D eigenvalue weighted by Gasteiger charge is 2.35. The number of benzene rings is 2. The minimum atomic E-state index is -1.12. The Morgan fingerprint density at radius 2 is 2.17 bits per heavy atom. The number of hydrogen-bond acceptors (Lipinski definition) is 3. The molecule has 0 saturated carbocycles. The van der Waals surface area contributed by atoms with Gasteiger partial charge >= 0.3 is 12.2 Å². The van der Waals surface area contributed by atoms with Crippen LogP contribution in [-0.4, -0.2) is 39.8 Å². The van der Waals surface area contributed by atoms with Crippen molar-refractivity contribution in [1.82, 2.24) is 9.88 Å². The van der Waals surface area contributed by atoms with Gasteiger partial charge in [-0.05, 0) is 42.7 Å². The summed E-state index contributed by atoms with van der Waals surface area (Å²) in [5.41, 5.74) is 3.09. The predicted molar refractivity (Wildman–Crippen MR) is 110 cm³/mol. The number of anilines is 1. The average Bonchev–Trinajstić information content (AvgIpc) is 3.26. The second-order valence-corrected chi connectivity index (χ2v) is 7.54. The minimum Gasteiger partial charge on any atom is -0.465 e. The zero-order valence-corrected chi connectivity index (χ0v) is 16.4. The molecule has 3 aromatic rings. The molecule has 0 unspecified atom stereocenters. The van der Waals surface area contributed by atoms with E-state index in [1.54, 1.807) is 23.1 Å². The Labute approximate surface area is 172 Å². The van der Waals surface area contributed by atoms with Gasteiger partial charge in [-0.3, -0.25) is 5.32 Å².